The van der Waals surface area contributed by atoms with Crippen molar-refractivity contribution in [3.05, 3.63) is 22.8 Å². The maximum absolute atomic E-state index is 6.72. The van der Waals surface area contributed by atoms with Crippen LogP contribution in [0.25, 0.3) is 9.69 Å². The van der Waals surface area contributed by atoms with Crippen molar-refractivity contribution in [1.82, 2.24) is 0 Å². The molecular weight excluding hydrogens is 373 g/mol. The van der Waals surface area contributed by atoms with E-state index >= 15 is 0 Å². The summed E-state index contributed by atoms with van der Waals surface area (Å²) in [7, 11) is 9.63. The van der Waals surface area contributed by atoms with Crippen molar-refractivity contribution in [3.63, 3.8) is 0 Å². The molecule has 2 nitrogen and oxygen atoms in total. The van der Waals surface area contributed by atoms with Crippen LogP contribution in [0.3, 0.4) is 0 Å². The van der Waals surface area contributed by atoms with Crippen molar-refractivity contribution >= 4 is 19.1 Å². The quantitative estimate of drug-likeness (QED) is 0.359. The van der Waals surface area contributed by atoms with Gasteiger partial charge < -0.3 is 9.69 Å². The first-order valence-corrected chi connectivity index (χ1v) is 10.8. The van der Waals surface area contributed by atoms with E-state index in [9.17, 15) is 0 Å². The fourth-order valence-corrected chi connectivity index (χ4v) is 2.42. The molecule has 0 unspecified atom stereocenters. The minimum absolute atomic E-state index is 0.106. The van der Waals surface area contributed by atoms with E-state index in [2.05, 4.69) is 9.69 Å². The summed E-state index contributed by atoms with van der Waals surface area (Å²) in [5, 5.41) is 0. The molecule has 0 saturated heterocycles. The van der Waals surface area contributed by atoms with Crippen LogP contribution in [0.15, 0.2) is 0 Å². The third kappa shape index (κ3) is 11.7. The molecule has 0 aromatic rings. The Hall–Kier alpha value is 0.222. The summed E-state index contributed by atoms with van der Waals surface area (Å²) >= 11 is -0.106. The fraction of sp³-hybridized carbons (Fsp3) is 0.857. The molecule has 0 atom stereocenters. The maximum atomic E-state index is 6.72. The van der Waals surface area contributed by atoms with Gasteiger partial charge in [0, 0.05) is 25.7 Å². The molecule has 112 valence electrons. The predicted octanol–water partition coefficient (Wildman–Crippen LogP) is 5.85. The zero-order chi connectivity index (χ0) is 14.3. The third-order valence-corrected chi connectivity index (χ3v) is 3.51. The van der Waals surface area contributed by atoms with Gasteiger partial charge in [0.1, 0.15) is 0 Å². The van der Waals surface area contributed by atoms with Crippen molar-refractivity contribution in [2.75, 3.05) is 0 Å². The van der Waals surface area contributed by atoms with Gasteiger partial charge in [-0.1, -0.05) is 12.8 Å². The molecule has 0 aliphatic heterocycles. The van der Waals surface area contributed by atoms with Gasteiger partial charge in [-0.15, -0.1) is 0 Å². The van der Waals surface area contributed by atoms with E-state index in [0.29, 0.717) is 12.1 Å². The van der Waals surface area contributed by atoms with E-state index < -0.39 is 0 Å². The van der Waals surface area contributed by atoms with Gasteiger partial charge >= 0.3 is 35.0 Å². The summed E-state index contributed by atoms with van der Waals surface area (Å²) in [6.45, 7) is 13.4. The molecule has 0 radical (unpaired) electrons. The topological polar surface area (TPSA) is 8.72 Å². The SMILES string of the molecule is [C-]#[N+]C1CCCCC1.[C-]#[N+]C1CCCCC1.[Cl][Pd][Cl]. The van der Waals surface area contributed by atoms with Crippen LogP contribution < -0.4 is 0 Å². The molecule has 2 aliphatic carbocycles. The molecule has 2 rings (SSSR count). The Morgan fingerprint density at radius 3 is 1.11 bits per heavy atom. The average Bonchev–Trinajstić information content (AvgIpc) is 2.50. The van der Waals surface area contributed by atoms with Gasteiger partial charge in [0.2, 0.25) is 12.1 Å². The second-order valence-electron chi connectivity index (χ2n) is 4.89. The minimum atomic E-state index is -0.106. The number of rotatable bonds is 0. The standard InChI is InChI=1S/2C7H11N.2ClH.Pd/c2*1-8-7-5-3-2-4-6-7;;;/h2*7H,2-6H2;2*1H;/q;;;;+2/p-2. The Morgan fingerprint density at radius 2 is 0.947 bits per heavy atom. The Labute approximate surface area is 134 Å². The van der Waals surface area contributed by atoms with Gasteiger partial charge in [-0.05, 0) is 25.7 Å². The van der Waals surface area contributed by atoms with Crippen molar-refractivity contribution in [2.24, 2.45) is 0 Å². The van der Waals surface area contributed by atoms with E-state index in [1.807, 2.05) is 0 Å². The molecule has 0 spiro atoms. The summed E-state index contributed by atoms with van der Waals surface area (Å²) in [6.07, 6.45) is 12.5. The summed E-state index contributed by atoms with van der Waals surface area (Å²) < 4.78 is 0. The number of halogens is 2. The zero-order valence-electron chi connectivity index (χ0n) is 11.2. The van der Waals surface area contributed by atoms with Gasteiger partial charge in [0.05, 0.1) is 0 Å². The molecule has 0 bridgehead atoms. The number of hydrogen-bond donors (Lipinski definition) is 0. The summed E-state index contributed by atoms with van der Waals surface area (Å²) in [4.78, 5) is 7.00. The van der Waals surface area contributed by atoms with Crippen LogP contribution in [-0.4, -0.2) is 12.1 Å². The number of hydrogen-bond acceptors (Lipinski definition) is 0. The molecule has 0 aromatic heterocycles. The second kappa shape index (κ2) is 14.6. The van der Waals surface area contributed by atoms with Gasteiger partial charge in [-0.25, -0.2) is 13.1 Å². The molecule has 5 heteroatoms. The van der Waals surface area contributed by atoms with E-state index in [1.165, 1.54) is 38.5 Å². The summed E-state index contributed by atoms with van der Waals surface area (Å²) in [6, 6.07) is 0.757. The molecule has 0 heterocycles. The van der Waals surface area contributed by atoms with Gasteiger partial charge in [-0.2, -0.15) is 0 Å². The fourth-order valence-electron chi connectivity index (χ4n) is 2.42. The molecule has 2 fully saturated rings. The monoisotopic (exact) mass is 394 g/mol. The Balaban J connectivity index is 0.000000284. The Morgan fingerprint density at radius 1 is 0.684 bits per heavy atom. The first kappa shape index (κ1) is 19.2. The van der Waals surface area contributed by atoms with E-state index in [1.54, 1.807) is 0 Å². The summed E-state index contributed by atoms with van der Waals surface area (Å²) in [5.41, 5.74) is 0. The molecule has 2 saturated carbocycles. The van der Waals surface area contributed by atoms with Gasteiger partial charge in [0.25, 0.3) is 0 Å². The Kier molecular flexibility index (Phi) is 14.8. The van der Waals surface area contributed by atoms with Crippen molar-refractivity contribution in [1.29, 1.82) is 0 Å². The van der Waals surface area contributed by atoms with Crippen LogP contribution in [0.5, 0.6) is 0 Å². The first-order valence-electron chi connectivity index (χ1n) is 6.84. The van der Waals surface area contributed by atoms with Crippen LogP contribution in [0.1, 0.15) is 64.2 Å². The average molecular weight is 396 g/mol. The normalized spacial score (nSPS) is 20.0. The Bertz CT molecular complexity index is 246. The van der Waals surface area contributed by atoms with E-state index in [-0.39, 0.29) is 15.9 Å². The van der Waals surface area contributed by atoms with Crippen molar-refractivity contribution < 1.29 is 15.9 Å². The van der Waals surface area contributed by atoms with Gasteiger partial charge in [0.15, 0.2) is 0 Å². The molecular formula is C14H22Cl2N2Pd. The first-order chi connectivity index (χ1) is 9.28. The van der Waals surface area contributed by atoms with Crippen LogP contribution in [0.4, 0.5) is 0 Å². The molecule has 0 amide bonds. The molecule has 19 heavy (non-hydrogen) atoms. The number of nitrogens with zero attached hydrogens (tertiary/aromatic N) is 2. The van der Waals surface area contributed by atoms with E-state index in [0.717, 1.165) is 25.7 Å². The zero-order valence-corrected chi connectivity index (χ0v) is 14.3. The van der Waals surface area contributed by atoms with Crippen LogP contribution in [-0.2, 0) is 15.9 Å². The van der Waals surface area contributed by atoms with Gasteiger partial charge in [-0.3, -0.25) is 0 Å². The summed E-state index contributed by atoms with van der Waals surface area (Å²) in [5.74, 6) is 0. The molecule has 0 N–H and O–H groups in total. The molecule has 2 aliphatic rings. The van der Waals surface area contributed by atoms with Crippen molar-refractivity contribution in [2.45, 2.75) is 76.3 Å². The van der Waals surface area contributed by atoms with E-state index in [4.69, 9.17) is 32.2 Å². The van der Waals surface area contributed by atoms with Crippen LogP contribution in [0.2, 0.25) is 0 Å². The second-order valence-corrected chi connectivity index (χ2v) is 7.25. The van der Waals surface area contributed by atoms with Crippen molar-refractivity contribution in [3.8, 4) is 0 Å². The third-order valence-electron chi connectivity index (χ3n) is 3.51. The van der Waals surface area contributed by atoms with Crippen LogP contribution in [0, 0.1) is 13.1 Å². The van der Waals surface area contributed by atoms with Crippen LogP contribution >= 0.6 is 19.1 Å². The predicted molar refractivity (Wildman–Crippen MR) is 78.7 cm³/mol. The molecule has 0 aromatic carbocycles.